The van der Waals surface area contributed by atoms with Crippen LogP contribution in [0.3, 0.4) is 0 Å². The van der Waals surface area contributed by atoms with Crippen molar-refractivity contribution in [2.45, 2.75) is 12.8 Å². The Bertz CT molecular complexity index is 435. The summed E-state index contributed by atoms with van der Waals surface area (Å²) >= 11 is 5.34. The van der Waals surface area contributed by atoms with Gasteiger partial charge in [-0.3, -0.25) is 4.79 Å². The van der Waals surface area contributed by atoms with Crippen LogP contribution in [0.1, 0.15) is 22.3 Å². The fraction of sp³-hybridized carbons (Fsp3) is 0.250. The first kappa shape index (κ1) is 13.6. The average molecular weight is 276 g/mol. The number of alkyl halides is 5. The summed E-state index contributed by atoms with van der Waals surface area (Å²) in [6.45, 7) is 0. The zero-order valence-electron chi connectivity index (χ0n) is 7.76. The Morgan fingerprint density at radius 2 is 2.00 bits per heavy atom. The number of carbonyl (C=O) groups is 1. The van der Waals surface area contributed by atoms with E-state index in [1.807, 2.05) is 0 Å². The molecule has 0 amide bonds. The average Bonchev–Trinajstić information content (AvgIpc) is 2.15. The molecule has 0 aliphatic rings. The quantitative estimate of drug-likeness (QED) is 0.627. The summed E-state index contributed by atoms with van der Waals surface area (Å²) in [6.07, 6.45) is -7.88. The van der Waals surface area contributed by atoms with Crippen molar-refractivity contribution in [1.82, 2.24) is 4.98 Å². The third kappa shape index (κ3) is 3.26. The van der Waals surface area contributed by atoms with Gasteiger partial charge in [0, 0.05) is 6.20 Å². The molecule has 1 heterocycles. The van der Waals surface area contributed by atoms with Crippen LogP contribution in [0, 0.1) is 0 Å². The molecule has 0 aliphatic heterocycles. The van der Waals surface area contributed by atoms with Gasteiger partial charge >= 0.3 is 6.36 Å². The molecule has 0 aliphatic carbocycles. The molecule has 94 valence electrons. The SMILES string of the molecule is O=Cc1c(OC(F)(F)F)ncc(C(F)F)c1Cl. The van der Waals surface area contributed by atoms with Crippen LogP contribution in [0.25, 0.3) is 0 Å². The van der Waals surface area contributed by atoms with Gasteiger partial charge in [0.05, 0.1) is 16.1 Å². The van der Waals surface area contributed by atoms with Gasteiger partial charge in [-0.25, -0.2) is 13.8 Å². The third-order valence-electron chi connectivity index (χ3n) is 1.61. The molecule has 0 bridgehead atoms. The summed E-state index contributed by atoms with van der Waals surface area (Å²) in [5.74, 6) is -1.16. The Morgan fingerprint density at radius 3 is 2.41 bits per heavy atom. The zero-order chi connectivity index (χ0) is 13.2. The van der Waals surface area contributed by atoms with Gasteiger partial charge < -0.3 is 4.74 Å². The number of aldehydes is 1. The Labute approximate surface area is 96.2 Å². The largest absolute Gasteiger partial charge is 0.574 e. The summed E-state index contributed by atoms with van der Waals surface area (Å²) in [6, 6.07) is 0. The second kappa shape index (κ2) is 4.82. The van der Waals surface area contributed by atoms with Crippen molar-refractivity contribution in [3.8, 4) is 5.88 Å². The monoisotopic (exact) mass is 275 g/mol. The van der Waals surface area contributed by atoms with Crippen molar-refractivity contribution < 1.29 is 31.5 Å². The van der Waals surface area contributed by atoms with Gasteiger partial charge in [-0.1, -0.05) is 11.6 Å². The molecule has 9 heteroatoms. The van der Waals surface area contributed by atoms with Gasteiger partial charge in [-0.05, 0) is 0 Å². The molecule has 0 saturated heterocycles. The summed E-state index contributed by atoms with van der Waals surface area (Å²) < 4.78 is 63.6. The molecular weight excluding hydrogens is 273 g/mol. The molecular formula is C8H3ClF5NO2. The minimum Gasteiger partial charge on any atom is -0.387 e. The van der Waals surface area contributed by atoms with Crippen LogP contribution in [-0.4, -0.2) is 17.6 Å². The standard InChI is InChI=1S/C8H3ClF5NO2/c9-5-3(6(10)11)1-15-7(4(5)2-16)17-8(12,13)14/h1-2,6H. The predicted molar refractivity (Wildman–Crippen MR) is 46.3 cm³/mol. The van der Waals surface area contributed by atoms with E-state index in [2.05, 4.69) is 9.72 Å². The van der Waals surface area contributed by atoms with E-state index in [4.69, 9.17) is 11.6 Å². The van der Waals surface area contributed by atoms with Crippen LogP contribution in [0.2, 0.25) is 5.02 Å². The number of halogens is 6. The molecule has 0 atom stereocenters. The molecule has 1 aromatic heterocycles. The first-order chi connectivity index (χ1) is 7.76. The highest BCUT2D eigenvalue weighted by molar-refractivity contribution is 6.34. The number of pyridine rings is 1. The molecule has 0 radical (unpaired) electrons. The number of hydrogen-bond acceptors (Lipinski definition) is 3. The molecule has 1 rings (SSSR count). The number of nitrogens with zero attached hydrogens (tertiary/aromatic N) is 1. The molecule has 1 aromatic rings. The van der Waals surface area contributed by atoms with Crippen molar-refractivity contribution in [2.24, 2.45) is 0 Å². The Kier molecular flexibility index (Phi) is 3.87. The van der Waals surface area contributed by atoms with Gasteiger partial charge in [0.15, 0.2) is 6.29 Å². The van der Waals surface area contributed by atoms with Crippen molar-refractivity contribution in [3.63, 3.8) is 0 Å². The number of hydrogen-bond donors (Lipinski definition) is 0. The fourth-order valence-corrected chi connectivity index (χ4v) is 1.21. The highest BCUT2D eigenvalue weighted by Crippen LogP contribution is 2.34. The van der Waals surface area contributed by atoms with E-state index >= 15 is 0 Å². The van der Waals surface area contributed by atoms with Gasteiger partial charge in [-0.15, -0.1) is 13.2 Å². The van der Waals surface area contributed by atoms with Crippen LogP contribution in [0.15, 0.2) is 6.20 Å². The number of aromatic nitrogens is 1. The molecule has 0 N–H and O–H groups in total. The summed E-state index contributed by atoms with van der Waals surface area (Å²) in [5, 5.41) is -0.816. The topological polar surface area (TPSA) is 39.2 Å². The first-order valence-electron chi connectivity index (χ1n) is 3.93. The van der Waals surface area contributed by atoms with Gasteiger partial charge in [0.25, 0.3) is 6.43 Å². The van der Waals surface area contributed by atoms with Crippen LogP contribution in [0.5, 0.6) is 5.88 Å². The summed E-state index contributed by atoms with van der Waals surface area (Å²) in [5.41, 5.74) is -1.72. The smallest absolute Gasteiger partial charge is 0.387 e. The molecule has 0 spiro atoms. The van der Waals surface area contributed by atoms with Gasteiger partial charge in [-0.2, -0.15) is 0 Å². The fourth-order valence-electron chi connectivity index (χ4n) is 0.949. The van der Waals surface area contributed by atoms with E-state index in [-0.39, 0.29) is 6.29 Å². The Balaban J connectivity index is 3.26. The van der Waals surface area contributed by atoms with E-state index < -0.39 is 34.8 Å². The van der Waals surface area contributed by atoms with Crippen LogP contribution < -0.4 is 4.74 Å². The Morgan fingerprint density at radius 1 is 1.41 bits per heavy atom. The highest BCUT2D eigenvalue weighted by Gasteiger charge is 2.34. The lowest BCUT2D eigenvalue weighted by Gasteiger charge is -2.12. The zero-order valence-corrected chi connectivity index (χ0v) is 8.52. The lowest BCUT2D eigenvalue weighted by Crippen LogP contribution is -2.19. The molecule has 0 fully saturated rings. The number of rotatable bonds is 3. The maximum atomic E-state index is 12.3. The maximum absolute atomic E-state index is 12.3. The van der Waals surface area contributed by atoms with E-state index in [0.29, 0.717) is 6.20 Å². The van der Waals surface area contributed by atoms with E-state index in [1.54, 1.807) is 0 Å². The number of ether oxygens (including phenoxy) is 1. The normalized spacial score (nSPS) is 11.7. The summed E-state index contributed by atoms with van der Waals surface area (Å²) in [4.78, 5) is 13.5. The second-order valence-corrected chi connectivity index (χ2v) is 3.09. The lowest BCUT2D eigenvalue weighted by atomic mass is 10.2. The van der Waals surface area contributed by atoms with E-state index in [0.717, 1.165) is 0 Å². The first-order valence-corrected chi connectivity index (χ1v) is 4.31. The van der Waals surface area contributed by atoms with Crippen molar-refractivity contribution in [1.29, 1.82) is 0 Å². The molecule has 17 heavy (non-hydrogen) atoms. The Hall–Kier alpha value is -1.44. The second-order valence-electron chi connectivity index (χ2n) is 2.71. The molecule has 0 unspecified atom stereocenters. The maximum Gasteiger partial charge on any atom is 0.574 e. The van der Waals surface area contributed by atoms with Crippen LogP contribution in [-0.2, 0) is 0 Å². The van der Waals surface area contributed by atoms with Crippen LogP contribution in [0.4, 0.5) is 22.0 Å². The van der Waals surface area contributed by atoms with Crippen LogP contribution >= 0.6 is 11.6 Å². The van der Waals surface area contributed by atoms with E-state index in [1.165, 1.54) is 0 Å². The number of carbonyl (C=O) groups excluding carboxylic acids is 1. The molecule has 0 aromatic carbocycles. The minimum absolute atomic E-state index is 0.137. The predicted octanol–water partition coefficient (Wildman–Crippen LogP) is 3.38. The van der Waals surface area contributed by atoms with Gasteiger partial charge in [0.1, 0.15) is 0 Å². The van der Waals surface area contributed by atoms with Gasteiger partial charge in [0.2, 0.25) is 5.88 Å². The van der Waals surface area contributed by atoms with E-state index in [9.17, 15) is 26.7 Å². The molecule has 3 nitrogen and oxygen atoms in total. The third-order valence-corrected chi connectivity index (χ3v) is 2.03. The minimum atomic E-state index is -5.10. The molecule has 0 saturated carbocycles. The lowest BCUT2D eigenvalue weighted by molar-refractivity contribution is -0.276. The van der Waals surface area contributed by atoms with Crippen molar-refractivity contribution in [2.75, 3.05) is 0 Å². The van der Waals surface area contributed by atoms with Crippen molar-refractivity contribution >= 4 is 17.9 Å². The van der Waals surface area contributed by atoms with Crippen molar-refractivity contribution in [3.05, 3.63) is 22.3 Å². The highest BCUT2D eigenvalue weighted by atomic mass is 35.5. The summed E-state index contributed by atoms with van der Waals surface area (Å²) in [7, 11) is 0.